The Bertz CT molecular complexity index is 612. The molecule has 3 rings (SSSR count). The van der Waals surface area contributed by atoms with Gasteiger partial charge in [0, 0.05) is 28.8 Å². The summed E-state index contributed by atoms with van der Waals surface area (Å²) in [5.74, 6) is 0. The van der Waals surface area contributed by atoms with E-state index in [2.05, 4.69) is 51.2 Å². The van der Waals surface area contributed by atoms with Crippen molar-refractivity contribution in [1.82, 2.24) is 0 Å². The summed E-state index contributed by atoms with van der Waals surface area (Å²) in [7, 11) is 0. The lowest BCUT2D eigenvalue weighted by Crippen LogP contribution is -2.23. The first-order valence-corrected chi connectivity index (χ1v) is 7.78. The van der Waals surface area contributed by atoms with Crippen molar-refractivity contribution in [3.05, 3.63) is 63.6 Å². The molecule has 0 unspecified atom stereocenters. The first-order valence-electron chi connectivity index (χ1n) is 6.99. The van der Waals surface area contributed by atoms with Crippen LogP contribution in [0.25, 0.3) is 0 Å². The van der Waals surface area contributed by atoms with E-state index in [9.17, 15) is 5.11 Å². The van der Waals surface area contributed by atoms with Crippen molar-refractivity contribution >= 4 is 21.6 Å². The van der Waals surface area contributed by atoms with E-state index in [-0.39, 0.29) is 6.61 Å². The summed E-state index contributed by atoms with van der Waals surface area (Å²) in [5.41, 5.74) is 4.99. The predicted molar refractivity (Wildman–Crippen MR) is 85.9 cm³/mol. The zero-order valence-electron chi connectivity index (χ0n) is 11.3. The molecule has 1 N–H and O–H groups in total. The van der Waals surface area contributed by atoms with Crippen LogP contribution in [0.5, 0.6) is 0 Å². The number of nitrogens with zero attached hydrogens (tertiary/aromatic N) is 1. The van der Waals surface area contributed by atoms with Gasteiger partial charge >= 0.3 is 0 Å². The number of aliphatic hydroxyl groups excluding tert-OH is 1. The molecule has 1 heterocycles. The molecule has 0 saturated carbocycles. The maximum Gasteiger partial charge on any atom is 0.0702 e. The summed E-state index contributed by atoms with van der Waals surface area (Å²) < 4.78 is 1.01. The second kappa shape index (κ2) is 5.98. The molecule has 0 fully saturated rings. The highest BCUT2D eigenvalue weighted by Crippen LogP contribution is 2.29. The number of aliphatic hydroxyl groups is 1. The van der Waals surface area contributed by atoms with Crippen LogP contribution >= 0.6 is 15.9 Å². The zero-order valence-corrected chi connectivity index (χ0v) is 12.9. The minimum atomic E-state index is 0.0763. The van der Waals surface area contributed by atoms with Gasteiger partial charge in [-0.25, -0.2) is 0 Å². The summed E-state index contributed by atoms with van der Waals surface area (Å²) in [6, 6.07) is 14.8. The van der Waals surface area contributed by atoms with Gasteiger partial charge in [-0.05, 0) is 42.2 Å². The van der Waals surface area contributed by atoms with E-state index < -0.39 is 0 Å². The Hall–Kier alpha value is -1.32. The number of benzene rings is 2. The van der Waals surface area contributed by atoms with Gasteiger partial charge in [-0.1, -0.05) is 40.2 Å². The summed E-state index contributed by atoms with van der Waals surface area (Å²) in [6.07, 6.45) is 2.29. The predicted octanol–water partition coefficient (Wildman–Crippen LogP) is 3.89. The summed E-state index contributed by atoms with van der Waals surface area (Å²) in [6.45, 7) is 2.03. The fourth-order valence-corrected chi connectivity index (χ4v) is 3.30. The van der Waals surface area contributed by atoms with Crippen molar-refractivity contribution in [1.29, 1.82) is 0 Å². The molecule has 104 valence electrons. The number of hydrogen-bond acceptors (Lipinski definition) is 2. The zero-order chi connectivity index (χ0) is 13.9. The number of aryl methyl sites for hydroxylation is 1. The third-order valence-corrected chi connectivity index (χ3v) is 4.40. The van der Waals surface area contributed by atoms with Crippen LogP contribution < -0.4 is 4.90 Å². The van der Waals surface area contributed by atoms with Crippen LogP contribution in [0.4, 0.5) is 5.69 Å². The van der Waals surface area contributed by atoms with E-state index in [1.165, 1.54) is 11.1 Å². The van der Waals surface area contributed by atoms with Crippen molar-refractivity contribution in [3.8, 4) is 0 Å². The van der Waals surface area contributed by atoms with E-state index in [1.807, 2.05) is 12.1 Å². The maximum absolute atomic E-state index is 9.59. The number of anilines is 1. The number of hydrogen-bond donors (Lipinski definition) is 1. The van der Waals surface area contributed by atoms with Crippen molar-refractivity contribution in [2.45, 2.75) is 26.0 Å². The average molecular weight is 332 g/mol. The van der Waals surface area contributed by atoms with Gasteiger partial charge in [0.05, 0.1) is 6.61 Å². The Morgan fingerprint density at radius 3 is 2.70 bits per heavy atom. The molecule has 0 saturated heterocycles. The molecular formula is C17H18BrNO. The van der Waals surface area contributed by atoms with Gasteiger partial charge in [0.2, 0.25) is 0 Å². The Labute approximate surface area is 128 Å². The first-order chi connectivity index (χ1) is 9.78. The topological polar surface area (TPSA) is 23.5 Å². The minimum absolute atomic E-state index is 0.0763. The largest absolute Gasteiger partial charge is 0.392 e. The molecule has 0 bridgehead atoms. The molecule has 0 aromatic heterocycles. The molecule has 2 aromatic carbocycles. The monoisotopic (exact) mass is 331 g/mol. The Balaban J connectivity index is 1.95. The highest BCUT2D eigenvalue weighted by Gasteiger charge is 2.16. The number of halogens is 1. The van der Waals surface area contributed by atoms with Gasteiger partial charge < -0.3 is 10.0 Å². The molecule has 2 nitrogen and oxygen atoms in total. The Kier molecular flexibility index (Phi) is 4.08. The standard InChI is InChI=1S/C17H18BrNO/c18-16-7-8-17(15(10-16)12-20)19-9-3-6-13-4-1-2-5-14(13)11-19/h1-2,4-5,7-8,10,20H,3,6,9,11-12H2. The van der Waals surface area contributed by atoms with Crippen LogP contribution in [0.15, 0.2) is 46.9 Å². The molecule has 1 aliphatic rings. The van der Waals surface area contributed by atoms with E-state index in [4.69, 9.17) is 0 Å². The second-order valence-electron chi connectivity index (χ2n) is 5.22. The molecule has 1 aliphatic heterocycles. The first kappa shape index (κ1) is 13.7. The fraction of sp³-hybridized carbons (Fsp3) is 0.294. The maximum atomic E-state index is 9.59. The molecule has 0 amide bonds. The normalized spacial score (nSPS) is 14.8. The van der Waals surface area contributed by atoms with Crippen LogP contribution in [0.3, 0.4) is 0 Å². The molecule has 0 aliphatic carbocycles. The van der Waals surface area contributed by atoms with E-state index in [1.54, 1.807) is 0 Å². The van der Waals surface area contributed by atoms with E-state index in [0.717, 1.165) is 41.7 Å². The number of fused-ring (bicyclic) bond motifs is 1. The van der Waals surface area contributed by atoms with Crippen molar-refractivity contribution < 1.29 is 5.11 Å². The van der Waals surface area contributed by atoms with Gasteiger partial charge in [0.25, 0.3) is 0 Å². The van der Waals surface area contributed by atoms with Crippen molar-refractivity contribution in [3.63, 3.8) is 0 Å². The SMILES string of the molecule is OCc1cc(Br)ccc1N1CCCc2ccccc2C1. The highest BCUT2D eigenvalue weighted by molar-refractivity contribution is 9.10. The van der Waals surface area contributed by atoms with Crippen LogP contribution in [-0.2, 0) is 19.6 Å². The molecule has 2 aromatic rings. The molecular weight excluding hydrogens is 314 g/mol. The second-order valence-corrected chi connectivity index (χ2v) is 6.14. The van der Waals surface area contributed by atoms with E-state index in [0.29, 0.717) is 0 Å². The Morgan fingerprint density at radius 1 is 1.10 bits per heavy atom. The van der Waals surface area contributed by atoms with Crippen molar-refractivity contribution in [2.75, 3.05) is 11.4 Å². The van der Waals surface area contributed by atoms with Gasteiger partial charge in [-0.3, -0.25) is 0 Å². The van der Waals surface area contributed by atoms with Gasteiger partial charge in [0.1, 0.15) is 0 Å². The Morgan fingerprint density at radius 2 is 1.90 bits per heavy atom. The van der Waals surface area contributed by atoms with Crippen molar-refractivity contribution in [2.24, 2.45) is 0 Å². The smallest absolute Gasteiger partial charge is 0.0702 e. The third kappa shape index (κ3) is 2.74. The molecule has 0 radical (unpaired) electrons. The number of rotatable bonds is 2. The summed E-state index contributed by atoms with van der Waals surface area (Å²) in [4.78, 5) is 2.38. The molecule has 3 heteroatoms. The lowest BCUT2D eigenvalue weighted by atomic mass is 10.0. The van der Waals surface area contributed by atoms with Crippen LogP contribution in [0.1, 0.15) is 23.1 Å². The molecule has 0 atom stereocenters. The lowest BCUT2D eigenvalue weighted by Gasteiger charge is -2.25. The lowest BCUT2D eigenvalue weighted by molar-refractivity contribution is 0.282. The average Bonchev–Trinajstić information content (AvgIpc) is 2.69. The van der Waals surface area contributed by atoms with Gasteiger partial charge in [-0.2, -0.15) is 0 Å². The molecule has 0 spiro atoms. The quantitative estimate of drug-likeness (QED) is 0.902. The van der Waals surface area contributed by atoms with Gasteiger partial charge in [-0.15, -0.1) is 0 Å². The van der Waals surface area contributed by atoms with Gasteiger partial charge in [0.15, 0.2) is 0 Å². The van der Waals surface area contributed by atoms with E-state index >= 15 is 0 Å². The molecule has 20 heavy (non-hydrogen) atoms. The van der Waals surface area contributed by atoms with Crippen LogP contribution in [0.2, 0.25) is 0 Å². The fourth-order valence-electron chi connectivity index (χ4n) is 2.90. The van der Waals surface area contributed by atoms with Crippen LogP contribution in [-0.4, -0.2) is 11.7 Å². The minimum Gasteiger partial charge on any atom is -0.392 e. The highest BCUT2D eigenvalue weighted by atomic mass is 79.9. The van der Waals surface area contributed by atoms with Crippen LogP contribution in [0, 0.1) is 0 Å². The summed E-state index contributed by atoms with van der Waals surface area (Å²) >= 11 is 3.47. The third-order valence-electron chi connectivity index (χ3n) is 3.91. The summed E-state index contributed by atoms with van der Waals surface area (Å²) in [5, 5.41) is 9.59.